The minimum absolute atomic E-state index is 0.00404. The Morgan fingerprint density at radius 3 is 2.21 bits per heavy atom. The van der Waals surface area contributed by atoms with E-state index in [0.29, 0.717) is 36.0 Å². The van der Waals surface area contributed by atoms with E-state index in [1.165, 1.54) is 18.3 Å². The SMILES string of the molecule is CC(=O)O[C@H](C[C@H](C(C)C)N(C)C(=O)[C@@H](CC(=O)[C@H]1CC(=O)CCN1C)C(C)C)c1nc(C(=O)N[C@@H](Cc2ccccc2)CC(C)C)c(C(C)C)s1. The van der Waals surface area contributed by atoms with Gasteiger partial charge in [-0.15, -0.1) is 11.3 Å². The number of hydrogen-bond acceptors (Lipinski definition) is 9. The Kier molecular flexibility index (Phi) is 16.2. The van der Waals surface area contributed by atoms with Gasteiger partial charge in [0.2, 0.25) is 5.91 Å². The molecule has 3 rings (SSSR count). The maximum atomic E-state index is 14.2. The number of rotatable bonds is 18. The number of amides is 2. The lowest BCUT2D eigenvalue weighted by atomic mass is 9.84. The van der Waals surface area contributed by atoms with Crippen LogP contribution in [-0.2, 0) is 30.3 Å². The van der Waals surface area contributed by atoms with Crippen LogP contribution in [-0.4, -0.2) is 82.9 Å². The van der Waals surface area contributed by atoms with Crippen LogP contribution in [0.15, 0.2) is 30.3 Å². The van der Waals surface area contributed by atoms with Gasteiger partial charge in [-0.2, -0.15) is 0 Å². The van der Waals surface area contributed by atoms with Crippen LogP contribution in [0, 0.1) is 23.7 Å². The van der Waals surface area contributed by atoms with Crippen LogP contribution in [0.3, 0.4) is 0 Å². The smallest absolute Gasteiger partial charge is 0.303 e. The van der Waals surface area contributed by atoms with Crippen molar-refractivity contribution >= 4 is 40.7 Å². The predicted octanol–water partition coefficient (Wildman–Crippen LogP) is 7.03. The maximum absolute atomic E-state index is 14.2. The second kappa shape index (κ2) is 19.6. The van der Waals surface area contributed by atoms with Crippen LogP contribution >= 0.6 is 11.3 Å². The molecule has 2 amide bonds. The van der Waals surface area contributed by atoms with E-state index in [1.807, 2.05) is 71.7 Å². The van der Waals surface area contributed by atoms with Crippen molar-refractivity contribution in [1.82, 2.24) is 20.1 Å². The third kappa shape index (κ3) is 12.0. The molecule has 0 saturated carbocycles. The summed E-state index contributed by atoms with van der Waals surface area (Å²) in [5.41, 5.74) is 1.48. The van der Waals surface area contributed by atoms with Crippen LogP contribution in [0.25, 0.3) is 0 Å². The van der Waals surface area contributed by atoms with Crippen molar-refractivity contribution in [2.75, 3.05) is 20.6 Å². The normalized spacial score (nSPS) is 17.7. The molecule has 1 aliphatic rings. The molecule has 0 spiro atoms. The highest BCUT2D eigenvalue weighted by Gasteiger charge is 2.38. The van der Waals surface area contributed by atoms with Gasteiger partial charge in [0.25, 0.3) is 5.91 Å². The van der Waals surface area contributed by atoms with Crippen molar-refractivity contribution in [2.45, 2.75) is 131 Å². The minimum atomic E-state index is -0.791. The molecule has 1 aromatic heterocycles. The van der Waals surface area contributed by atoms with Gasteiger partial charge in [-0.05, 0) is 49.1 Å². The molecule has 1 saturated heterocycles. The van der Waals surface area contributed by atoms with E-state index >= 15 is 0 Å². The average Bonchev–Trinajstić information content (AvgIpc) is 3.52. The summed E-state index contributed by atoms with van der Waals surface area (Å²) in [6.07, 6.45) is 1.65. The van der Waals surface area contributed by atoms with Gasteiger partial charge in [0, 0.05) is 69.1 Å². The average molecular weight is 739 g/mol. The summed E-state index contributed by atoms with van der Waals surface area (Å²) in [5.74, 6) is -1.27. The Labute approximate surface area is 315 Å². The Morgan fingerprint density at radius 2 is 1.65 bits per heavy atom. The first-order valence-corrected chi connectivity index (χ1v) is 19.7. The Bertz CT molecular complexity index is 1520. The van der Waals surface area contributed by atoms with Crippen LogP contribution in [0.2, 0.25) is 0 Å². The number of piperidine rings is 1. The molecule has 10 nitrogen and oxygen atoms in total. The lowest BCUT2D eigenvalue weighted by Crippen LogP contribution is -2.49. The molecule has 0 radical (unpaired) electrons. The van der Waals surface area contributed by atoms with Gasteiger partial charge < -0.3 is 15.0 Å². The Balaban J connectivity index is 1.89. The van der Waals surface area contributed by atoms with E-state index < -0.39 is 24.0 Å². The number of Topliss-reactive ketones (excluding diaryl/α,β-unsaturated/α-hetero) is 2. The van der Waals surface area contributed by atoms with Crippen molar-refractivity contribution in [1.29, 1.82) is 0 Å². The maximum Gasteiger partial charge on any atom is 0.303 e. The van der Waals surface area contributed by atoms with Crippen molar-refractivity contribution in [2.24, 2.45) is 23.7 Å². The molecule has 0 unspecified atom stereocenters. The monoisotopic (exact) mass is 738 g/mol. The van der Waals surface area contributed by atoms with Crippen molar-refractivity contribution in [3.63, 3.8) is 0 Å². The van der Waals surface area contributed by atoms with E-state index in [2.05, 4.69) is 31.3 Å². The first-order chi connectivity index (χ1) is 24.4. The first-order valence-electron chi connectivity index (χ1n) is 18.9. The number of likely N-dealkylation sites (tertiary alicyclic amines) is 1. The summed E-state index contributed by atoms with van der Waals surface area (Å²) < 4.78 is 5.91. The molecule has 2 heterocycles. The van der Waals surface area contributed by atoms with Gasteiger partial charge in [-0.3, -0.25) is 28.9 Å². The van der Waals surface area contributed by atoms with Gasteiger partial charge in [-0.25, -0.2) is 4.98 Å². The van der Waals surface area contributed by atoms with E-state index in [0.717, 1.165) is 16.9 Å². The summed E-state index contributed by atoms with van der Waals surface area (Å²) in [5, 5.41) is 3.77. The van der Waals surface area contributed by atoms with E-state index in [-0.39, 0.29) is 72.5 Å². The van der Waals surface area contributed by atoms with Crippen molar-refractivity contribution in [3.05, 3.63) is 51.5 Å². The van der Waals surface area contributed by atoms with E-state index in [1.54, 1.807) is 11.9 Å². The van der Waals surface area contributed by atoms with Crippen LogP contribution in [0.4, 0.5) is 0 Å². The highest BCUT2D eigenvalue weighted by molar-refractivity contribution is 7.12. The molecule has 5 atom stereocenters. The molecule has 1 fully saturated rings. The zero-order chi connectivity index (χ0) is 38.9. The van der Waals surface area contributed by atoms with E-state index in [4.69, 9.17) is 9.72 Å². The summed E-state index contributed by atoms with van der Waals surface area (Å²) in [6.45, 7) is 18.1. The zero-order valence-electron chi connectivity index (χ0n) is 33.2. The highest BCUT2D eigenvalue weighted by atomic mass is 32.1. The molecule has 1 aliphatic heterocycles. The minimum Gasteiger partial charge on any atom is -0.455 e. The number of carbonyl (C=O) groups is 5. The molecule has 0 aliphatic carbocycles. The number of ether oxygens (including phenoxy) is 1. The topological polar surface area (TPSA) is 126 Å². The number of thiazole rings is 1. The number of ketones is 2. The number of likely N-dealkylation sites (N-methyl/N-ethyl adjacent to an activating group) is 1. The number of aromatic nitrogens is 1. The first kappa shape index (κ1) is 43.0. The van der Waals surface area contributed by atoms with Gasteiger partial charge in [-0.1, -0.05) is 85.7 Å². The molecular weight excluding hydrogens is 677 g/mol. The van der Waals surface area contributed by atoms with Gasteiger partial charge >= 0.3 is 5.97 Å². The van der Waals surface area contributed by atoms with Gasteiger partial charge in [0.1, 0.15) is 16.5 Å². The molecule has 52 heavy (non-hydrogen) atoms. The van der Waals surface area contributed by atoms with Crippen molar-refractivity contribution < 1.29 is 28.7 Å². The molecule has 2 aromatic rings. The standard InChI is InChI=1S/C41H62N4O6S/c1-24(2)19-30(20-29-15-13-12-14-16-29)42-39(49)37-38(27(7)8)52-40(43-37)36(51-28(9)46)23-33(26(5)6)45(11)41(50)32(25(3)4)22-35(48)34-21-31(47)17-18-44(34)10/h12-16,24-27,30,32-34,36H,17-23H2,1-11H3,(H,42,49)/t30-,32+,33-,34-,36-/m1/s1. The molecule has 1 N–H and O–H groups in total. The fraction of sp³-hybridized carbons (Fsp3) is 0.659. The number of carbonyl (C=O) groups excluding carboxylic acids is 5. The quantitative estimate of drug-likeness (QED) is 0.162. The number of esters is 1. The molecule has 1 aromatic carbocycles. The molecule has 288 valence electrons. The zero-order valence-corrected chi connectivity index (χ0v) is 34.0. The fourth-order valence-electron chi connectivity index (χ4n) is 7.13. The number of hydrogen-bond donors (Lipinski definition) is 1. The van der Waals surface area contributed by atoms with Crippen LogP contribution in [0.5, 0.6) is 0 Å². The highest BCUT2D eigenvalue weighted by Crippen LogP contribution is 2.36. The second-order valence-electron chi connectivity index (χ2n) is 16.0. The largest absolute Gasteiger partial charge is 0.455 e. The predicted molar refractivity (Wildman–Crippen MR) is 206 cm³/mol. The van der Waals surface area contributed by atoms with Crippen LogP contribution < -0.4 is 5.32 Å². The van der Waals surface area contributed by atoms with Crippen LogP contribution in [0.1, 0.15) is 132 Å². The lowest BCUT2D eigenvalue weighted by molar-refractivity contribution is -0.149. The summed E-state index contributed by atoms with van der Waals surface area (Å²) in [7, 11) is 3.60. The molecular formula is C41H62N4O6S. The third-order valence-electron chi connectivity index (χ3n) is 10.1. The Hall–Kier alpha value is -3.44. The number of nitrogens with zero attached hydrogens (tertiary/aromatic N) is 3. The molecule has 0 bridgehead atoms. The van der Waals surface area contributed by atoms with Crippen molar-refractivity contribution in [3.8, 4) is 0 Å². The summed E-state index contributed by atoms with van der Waals surface area (Å²) in [6, 6.07) is 9.14. The lowest BCUT2D eigenvalue weighted by Gasteiger charge is -2.37. The number of benzene rings is 1. The van der Waals surface area contributed by atoms with Gasteiger partial charge in [0.05, 0.1) is 6.04 Å². The fourth-order valence-corrected chi connectivity index (χ4v) is 8.24. The summed E-state index contributed by atoms with van der Waals surface area (Å²) in [4.78, 5) is 75.6. The van der Waals surface area contributed by atoms with E-state index in [9.17, 15) is 24.0 Å². The van der Waals surface area contributed by atoms with Gasteiger partial charge in [0.15, 0.2) is 11.9 Å². The summed E-state index contributed by atoms with van der Waals surface area (Å²) >= 11 is 1.37. The third-order valence-corrected chi connectivity index (χ3v) is 11.5. The second-order valence-corrected chi connectivity index (χ2v) is 17.1. The number of nitrogens with one attached hydrogen (secondary N) is 1. The molecule has 11 heteroatoms. The Morgan fingerprint density at radius 1 is 1.00 bits per heavy atom.